The van der Waals surface area contributed by atoms with E-state index in [-0.39, 0.29) is 13.1 Å². The fraction of sp³-hybridized carbons (Fsp3) is 0.500. The van der Waals surface area contributed by atoms with E-state index >= 15 is 0 Å². The van der Waals surface area contributed by atoms with Crippen molar-refractivity contribution in [1.82, 2.24) is 19.8 Å². The number of aromatic carboxylic acids is 1. The Kier molecular flexibility index (Phi) is 3.77. The van der Waals surface area contributed by atoms with Crippen molar-refractivity contribution < 1.29 is 23.1 Å². The number of sulfonamides is 1. The lowest BCUT2D eigenvalue weighted by Gasteiger charge is -2.32. The highest BCUT2D eigenvalue weighted by molar-refractivity contribution is 7.89. The van der Waals surface area contributed by atoms with Crippen molar-refractivity contribution in [3.05, 3.63) is 11.8 Å². The van der Waals surface area contributed by atoms with Crippen LogP contribution in [0.1, 0.15) is 23.7 Å². The van der Waals surface area contributed by atoms with Gasteiger partial charge >= 0.3 is 5.97 Å². The number of nitrogens with one attached hydrogen (secondary N) is 2. The van der Waals surface area contributed by atoms with Gasteiger partial charge in [0.2, 0.25) is 5.91 Å². The minimum Gasteiger partial charge on any atom is -0.478 e. The molecule has 0 radical (unpaired) electrons. The zero-order chi connectivity index (χ0) is 14.9. The SMILES string of the molecule is CCC1C(=O)NCCN1S(=O)(=O)c1[nH]ncc1C(=O)O. The maximum absolute atomic E-state index is 12.5. The van der Waals surface area contributed by atoms with Crippen LogP contribution in [0.5, 0.6) is 0 Å². The number of amides is 1. The van der Waals surface area contributed by atoms with Crippen molar-refractivity contribution in [3.63, 3.8) is 0 Å². The fourth-order valence-electron chi connectivity index (χ4n) is 2.11. The highest BCUT2D eigenvalue weighted by atomic mass is 32.2. The molecule has 2 heterocycles. The molecule has 1 unspecified atom stereocenters. The van der Waals surface area contributed by atoms with E-state index in [1.807, 2.05) is 0 Å². The van der Waals surface area contributed by atoms with Gasteiger partial charge in [0, 0.05) is 13.1 Å². The van der Waals surface area contributed by atoms with E-state index in [9.17, 15) is 18.0 Å². The van der Waals surface area contributed by atoms with Crippen molar-refractivity contribution in [1.29, 1.82) is 0 Å². The van der Waals surface area contributed by atoms with Gasteiger partial charge in [0.25, 0.3) is 10.0 Å². The van der Waals surface area contributed by atoms with Crippen molar-refractivity contribution in [2.75, 3.05) is 13.1 Å². The Balaban J connectivity index is 2.46. The van der Waals surface area contributed by atoms with E-state index in [0.717, 1.165) is 10.5 Å². The van der Waals surface area contributed by atoms with Gasteiger partial charge in [-0.3, -0.25) is 9.89 Å². The van der Waals surface area contributed by atoms with E-state index in [0.29, 0.717) is 6.42 Å². The van der Waals surface area contributed by atoms with Gasteiger partial charge in [-0.05, 0) is 6.42 Å². The highest BCUT2D eigenvalue weighted by Crippen LogP contribution is 2.22. The van der Waals surface area contributed by atoms with Gasteiger partial charge in [0.1, 0.15) is 11.6 Å². The highest BCUT2D eigenvalue weighted by Gasteiger charge is 2.39. The van der Waals surface area contributed by atoms with Crippen molar-refractivity contribution >= 4 is 21.9 Å². The minimum atomic E-state index is -4.11. The third kappa shape index (κ3) is 2.27. The van der Waals surface area contributed by atoms with Gasteiger partial charge in [-0.2, -0.15) is 9.40 Å². The van der Waals surface area contributed by atoms with Crippen LogP contribution >= 0.6 is 0 Å². The predicted molar refractivity (Wildman–Crippen MR) is 66.5 cm³/mol. The average molecular weight is 302 g/mol. The molecule has 10 heteroatoms. The predicted octanol–water partition coefficient (Wildman–Crippen LogP) is -0.993. The number of piperazine rings is 1. The maximum Gasteiger partial charge on any atom is 0.340 e. The van der Waals surface area contributed by atoms with Gasteiger partial charge in [-0.1, -0.05) is 6.92 Å². The average Bonchev–Trinajstić information content (AvgIpc) is 2.88. The second kappa shape index (κ2) is 5.21. The summed E-state index contributed by atoms with van der Waals surface area (Å²) in [6.07, 6.45) is 1.22. The number of carbonyl (C=O) groups excluding carboxylic acids is 1. The molecule has 1 aliphatic heterocycles. The second-order valence-electron chi connectivity index (χ2n) is 4.25. The summed E-state index contributed by atoms with van der Waals surface area (Å²) in [5, 5.41) is 16.7. The Morgan fingerprint density at radius 1 is 1.60 bits per heavy atom. The molecule has 2 rings (SSSR count). The van der Waals surface area contributed by atoms with E-state index in [2.05, 4.69) is 15.5 Å². The van der Waals surface area contributed by atoms with Gasteiger partial charge < -0.3 is 10.4 Å². The number of aromatic nitrogens is 2. The summed E-state index contributed by atoms with van der Waals surface area (Å²) in [6.45, 7) is 1.96. The molecule has 0 aliphatic carbocycles. The molecule has 1 amide bonds. The largest absolute Gasteiger partial charge is 0.478 e. The normalized spacial score (nSPS) is 20.6. The minimum absolute atomic E-state index is 0.0880. The fourth-order valence-corrected chi connectivity index (χ4v) is 3.84. The van der Waals surface area contributed by atoms with Crippen LogP contribution in [-0.2, 0) is 14.8 Å². The molecule has 20 heavy (non-hydrogen) atoms. The molecule has 1 aromatic heterocycles. The maximum atomic E-state index is 12.5. The molecule has 9 nitrogen and oxygen atoms in total. The first-order valence-electron chi connectivity index (χ1n) is 5.95. The molecule has 0 spiro atoms. The Hall–Kier alpha value is -1.94. The standard InChI is InChI=1S/C10H14N4O5S/c1-2-7-8(15)11-3-4-14(7)20(18,19)9-6(10(16)17)5-12-13-9/h5,7H,2-4H2,1H3,(H,11,15)(H,12,13)(H,16,17). The van der Waals surface area contributed by atoms with Crippen LogP contribution in [0.3, 0.4) is 0 Å². The molecule has 110 valence electrons. The third-order valence-electron chi connectivity index (χ3n) is 3.07. The lowest BCUT2D eigenvalue weighted by atomic mass is 10.2. The summed E-state index contributed by atoms with van der Waals surface area (Å²) in [5.41, 5.74) is -0.439. The zero-order valence-electron chi connectivity index (χ0n) is 10.7. The number of carbonyl (C=O) groups is 2. The quantitative estimate of drug-likeness (QED) is 0.654. The molecule has 1 aromatic rings. The van der Waals surface area contributed by atoms with E-state index in [4.69, 9.17) is 5.11 Å². The first-order chi connectivity index (χ1) is 9.39. The summed E-state index contributed by atoms with van der Waals surface area (Å²) < 4.78 is 26.0. The number of hydrogen-bond donors (Lipinski definition) is 3. The van der Waals surface area contributed by atoms with E-state index in [1.165, 1.54) is 0 Å². The van der Waals surface area contributed by atoms with E-state index < -0.39 is 38.5 Å². The number of carboxylic acid groups (broad SMARTS) is 1. The Bertz CT molecular complexity index is 638. The summed E-state index contributed by atoms with van der Waals surface area (Å²) in [6, 6.07) is -0.848. The molecule has 1 fully saturated rings. The molecule has 0 saturated carbocycles. The van der Waals surface area contributed by atoms with Gasteiger partial charge in [-0.25, -0.2) is 13.2 Å². The number of aromatic amines is 1. The molecule has 3 N–H and O–H groups in total. The summed E-state index contributed by atoms with van der Waals surface area (Å²) in [5.74, 6) is -1.79. The number of hydrogen-bond acceptors (Lipinski definition) is 5. The van der Waals surface area contributed by atoms with Crippen molar-refractivity contribution in [2.24, 2.45) is 0 Å². The third-order valence-corrected chi connectivity index (χ3v) is 4.95. The number of nitrogens with zero attached hydrogens (tertiary/aromatic N) is 2. The van der Waals surface area contributed by atoms with Crippen LogP contribution in [0.15, 0.2) is 11.2 Å². The van der Waals surface area contributed by atoms with Crippen LogP contribution in [0.4, 0.5) is 0 Å². The van der Waals surface area contributed by atoms with E-state index in [1.54, 1.807) is 6.92 Å². The van der Waals surface area contributed by atoms with Crippen molar-refractivity contribution in [2.45, 2.75) is 24.4 Å². The number of H-pyrrole nitrogens is 1. The Labute approximate surface area is 115 Å². The van der Waals surface area contributed by atoms with Crippen LogP contribution in [0, 0.1) is 0 Å². The topological polar surface area (TPSA) is 132 Å². The lowest BCUT2D eigenvalue weighted by molar-refractivity contribution is -0.126. The van der Waals surface area contributed by atoms with Crippen LogP contribution in [-0.4, -0.2) is 59.0 Å². The molecule has 0 aromatic carbocycles. The monoisotopic (exact) mass is 302 g/mol. The second-order valence-corrected chi connectivity index (χ2v) is 6.08. The molecular formula is C10H14N4O5S. The lowest BCUT2D eigenvalue weighted by Crippen LogP contribution is -2.56. The molecular weight excluding hydrogens is 288 g/mol. The summed E-state index contributed by atoms with van der Waals surface area (Å²) >= 11 is 0. The number of rotatable bonds is 4. The summed E-state index contributed by atoms with van der Waals surface area (Å²) in [7, 11) is -4.11. The zero-order valence-corrected chi connectivity index (χ0v) is 11.5. The van der Waals surface area contributed by atoms with Crippen LogP contribution in [0.25, 0.3) is 0 Å². The van der Waals surface area contributed by atoms with Gasteiger partial charge in [0.05, 0.1) is 6.20 Å². The number of carboxylic acids is 1. The first-order valence-corrected chi connectivity index (χ1v) is 7.39. The molecule has 1 saturated heterocycles. The van der Waals surface area contributed by atoms with Crippen LogP contribution in [0.2, 0.25) is 0 Å². The molecule has 1 atom stereocenters. The van der Waals surface area contributed by atoms with Crippen molar-refractivity contribution in [3.8, 4) is 0 Å². The molecule has 0 bridgehead atoms. The van der Waals surface area contributed by atoms with Crippen LogP contribution < -0.4 is 5.32 Å². The molecule has 1 aliphatic rings. The smallest absolute Gasteiger partial charge is 0.340 e. The summed E-state index contributed by atoms with van der Waals surface area (Å²) in [4.78, 5) is 22.7. The van der Waals surface area contributed by atoms with Gasteiger partial charge in [0.15, 0.2) is 5.03 Å². The Morgan fingerprint density at radius 3 is 2.90 bits per heavy atom. The van der Waals surface area contributed by atoms with Gasteiger partial charge in [-0.15, -0.1) is 0 Å². The first kappa shape index (κ1) is 14.5. The Morgan fingerprint density at radius 2 is 2.30 bits per heavy atom.